The molecule has 4 aromatic carbocycles. The molecule has 0 bridgehead atoms. The van der Waals surface area contributed by atoms with Crippen molar-refractivity contribution in [3.63, 3.8) is 0 Å². The summed E-state index contributed by atoms with van der Waals surface area (Å²) in [5.74, 6) is -0.540. The number of hydrogen-bond acceptors (Lipinski definition) is 8. The number of aliphatic hydroxyl groups excluding tert-OH is 1. The van der Waals surface area contributed by atoms with Gasteiger partial charge in [0, 0.05) is 25.3 Å². The maximum atomic E-state index is 14.2. The first-order valence-corrected chi connectivity index (χ1v) is 17.5. The van der Waals surface area contributed by atoms with Gasteiger partial charge in [-0.3, -0.25) is 4.79 Å². The van der Waals surface area contributed by atoms with Crippen LogP contribution in [0.5, 0.6) is 0 Å². The molecule has 4 N–H and O–H groups in total. The number of amides is 2. The van der Waals surface area contributed by atoms with E-state index in [1.54, 1.807) is 0 Å². The second kappa shape index (κ2) is 17.3. The molecule has 10 heteroatoms. The van der Waals surface area contributed by atoms with Crippen LogP contribution in [0.1, 0.15) is 51.8 Å². The number of ether oxygens (including phenoxy) is 3. The third kappa shape index (κ3) is 9.21. The Hall–Kier alpha value is -5.03. The van der Waals surface area contributed by atoms with Gasteiger partial charge in [-0.15, -0.1) is 0 Å². The Morgan fingerprint density at radius 3 is 2.18 bits per heavy atom. The molecule has 0 unspecified atom stereocenters. The number of benzene rings is 4. The molecule has 2 amide bonds. The predicted octanol–water partition coefficient (Wildman–Crippen LogP) is 5.03. The normalized spacial score (nSPS) is 20.2. The third-order valence-electron chi connectivity index (χ3n) is 9.74. The summed E-state index contributed by atoms with van der Waals surface area (Å²) in [6.07, 6.45) is 0.0722. The van der Waals surface area contributed by atoms with Crippen molar-refractivity contribution in [3.05, 3.63) is 143 Å². The van der Waals surface area contributed by atoms with Crippen LogP contribution >= 0.6 is 0 Å². The fourth-order valence-corrected chi connectivity index (χ4v) is 7.08. The molecular formula is C41H45N3O7. The maximum absolute atomic E-state index is 14.2. The molecule has 0 spiro atoms. The average molecular weight is 692 g/mol. The zero-order valence-electron chi connectivity index (χ0n) is 28.7. The standard InChI is InChI=1S/C41H45N3O7/c1-49-40(47)44-39(37(28-13-4-2-5-14-28)29-15-6-3-7-16-29)36(46)22-30-17-9-8-12-27(30)20-21-33-24-42-32(25-50-33)26-51-41(48)43-38-34-19-11-10-18-31(34)23-35(38)45/h2-19,32-33,35,37-39,42,45H,20-26H2,1H3,(H,43,48)(H,44,47)/t32-,33+,35+,38-,39+/m0/s1. The molecule has 51 heavy (non-hydrogen) atoms. The van der Waals surface area contributed by atoms with Gasteiger partial charge in [0.15, 0.2) is 5.78 Å². The van der Waals surface area contributed by atoms with Crippen molar-refractivity contribution in [1.29, 1.82) is 0 Å². The van der Waals surface area contributed by atoms with E-state index < -0.39 is 36.3 Å². The molecule has 1 aliphatic heterocycles. The minimum Gasteiger partial charge on any atom is -0.453 e. The fourth-order valence-electron chi connectivity index (χ4n) is 7.08. The highest BCUT2D eigenvalue weighted by atomic mass is 16.6. The molecule has 10 nitrogen and oxygen atoms in total. The van der Waals surface area contributed by atoms with Gasteiger partial charge in [-0.1, -0.05) is 109 Å². The number of Topliss-reactive ketones (excluding diaryl/α,β-unsaturated/α-hetero) is 1. The second-order valence-electron chi connectivity index (χ2n) is 13.1. The van der Waals surface area contributed by atoms with Gasteiger partial charge in [-0.25, -0.2) is 9.59 Å². The Labute approximate surface area is 298 Å². The van der Waals surface area contributed by atoms with E-state index in [1.807, 2.05) is 109 Å². The number of aliphatic hydroxyl groups is 1. The summed E-state index contributed by atoms with van der Waals surface area (Å²) < 4.78 is 16.6. The third-order valence-corrected chi connectivity index (χ3v) is 9.74. The number of alkyl carbamates (subject to hydrolysis) is 2. The summed E-state index contributed by atoms with van der Waals surface area (Å²) in [4.78, 5) is 39.3. The molecule has 0 saturated carbocycles. The monoisotopic (exact) mass is 691 g/mol. The van der Waals surface area contributed by atoms with Crippen LogP contribution in [-0.4, -0.2) is 74.2 Å². The number of carbonyl (C=O) groups excluding carboxylic acids is 3. The first kappa shape index (κ1) is 35.8. The molecule has 266 valence electrons. The summed E-state index contributed by atoms with van der Waals surface area (Å²) in [7, 11) is 1.29. The Kier molecular flexibility index (Phi) is 12.1. The smallest absolute Gasteiger partial charge is 0.407 e. The van der Waals surface area contributed by atoms with Crippen LogP contribution in [0.2, 0.25) is 0 Å². The van der Waals surface area contributed by atoms with E-state index >= 15 is 0 Å². The van der Waals surface area contributed by atoms with Gasteiger partial charge in [0.05, 0.1) is 38.0 Å². The lowest BCUT2D eigenvalue weighted by molar-refractivity contribution is -0.120. The zero-order valence-corrected chi connectivity index (χ0v) is 28.7. The number of rotatable bonds is 13. The lowest BCUT2D eigenvalue weighted by atomic mass is 9.81. The van der Waals surface area contributed by atoms with Crippen molar-refractivity contribution in [2.75, 3.05) is 26.9 Å². The summed E-state index contributed by atoms with van der Waals surface area (Å²) in [6.45, 7) is 1.11. The van der Waals surface area contributed by atoms with Crippen molar-refractivity contribution in [1.82, 2.24) is 16.0 Å². The fraction of sp³-hybridized carbons (Fsp3) is 0.341. The van der Waals surface area contributed by atoms with Crippen molar-refractivity contribution < 1.29 is 33.7 Å². The zero-order chi connectivity index (χ0) is 35.6. The molecule has 1 saturated heterocycles. The number of ketones is 1. The van der Waals surface area contributed by atoms with Gasteiger partial charge in [-0.05, 0) is 46.2 Å². The van der Waals surface area contributed by atoms with E-state index in [0.717, 1.165) is 39.8 Å². The number of fused-ring (bicyclic) bond motifs is 1. The van der Waals surface area contributed by atoms with E-state index in [9.17, 15) is 19.5 Å². The molecule has 4 aromatic rings. The second-order valence-corrected chi connectivity index (χ2v) is 13.1. The highest BCUT2D eigenvalue weighted by Gasteiger charge is 2.34. The van der Waals surface area contributed by atoms with Crippen LogP contribution in [0.25, 0.3) is 0 Å². The number of carbonyl (C=O) groups is 3. The molecule has 6 rings (SSSR count). The molecule has 2 aliphatic rings. The molecule has 1 aliphatic carbocycles. The number of morpholine rings is 1. The average Bonchev–Trinajstić information content (AvgIpc) is 3.48. The van der Waals surface area contributed by atoms with E-state index in [4.69, 9.17) is 14.2 Å². The predicted molar refractivity (Wildman–Crippen MR) is 192 cm³/mol. The molecule has 5 atom stereocenters. The topological polar surface area (TPSA) is 135 Å². The van der Waals surface area contributed by atoms with Crippen LogP contribution in [0.15, 0.2) is 109 Å². The largest absolute Gasteiger partial charge is 0.453 e. The van der Waals surface area contributed by atoms with Gasteiger partial charge in [-0.2, -0.15) is 0 Å². The number of nitrogens with one attached hydrogen (secondary N) is 3. The van der Waals surface area contributed by atoms with E-state index in [2.05, 4.69) is 16.0 Å². The highest BCUT2D eigenvalue weighted by Crippen LogP contribution is 2.32. The minimum atomic E-state index is -0.860. The minimum absolute atomic E-state index is 0.0572. The van der Waals surface area contributed by atoms with Crippen LogP contribution < -0.4 is 16.0 Å². The van der Waals surface area contributed by atoms with E-state index in [1.165, 1.54) is 7.11 Å². The quantitative estimate of drug-likeness (QED) is 0.154. The molecule has 0 radical (unpaired) electrons. The first-order chi connectivity index (χ1) is 24.9. The molecule has 0 aromatic heterocycles. The van der Waals surface area contributed by atoms with Crippen LogP contribution in [0, 0.1) is 0 Å². The summed E-state index contributed by atoms with van der Waals surface area (Å²) >= 11 is 0. The SMILES string of the molecule is COC(=O)N[C@H](C(=O)Cc1ccccc1CC[C@@H]1CN[C@H](COC(=O)N[C@H]2c3ccccc3C[C@H]2O)CO1)C(c1ccccc1)c1ccccc1. The van der Waals surface area contributed by atoms with Gasteiger partial charge in [0.2, 0.25) is 0 Å². The van der Waals surface area contributed by atoms with Gasteiger partial charge >= 0.3 is 12.2 Å². The molecule has 1 heterocycles. The number of hydrogen-bond donors (Lipinski definition) is 4. The van der Waals surface area contributed by atoms with Gasteiger partial charge in [0.1, 0.15) is 12.6 Å². The van der Waals surface area contributed by atoms with Gasteiger partial charge in [0.25, 0.3) is 0 Å². The number of methoxy groups -OCH3 is 1. The van der Waals surface area contributed by atoms with E-state index in [0.29, 0.717) is 26.0 Å². The molecular weight excluding hydrogens is 646 g/mol. The van der Waals surface area contributed by atoms with E-state index in [-0.39, 0.29) is 31.0 Å². The molecule has 1 fully saturated rings. The Morgan fingerprint density at radius 2 is 1.51 bits per heavy atom. The highest BCUT2D eigenvalue weighted by molar-refractivity contribution is 5.91. The van der Waals surface area contributed by atoms with Crippen LogP contribution in [0.4, 0.5) is 9.59 Å². The Morgan fingerprint density at radius 1 is 0.863 bits per heavy atom. The van der Waals surface area contributed by atoms with Crippen molar-refractivity contribution in [3.8, 4) is 0 Å². The summed E-state index contributed by atoms with van der Waals surface area (Å²) in [6, 6.07) is 33.5. The first-order valence-electron chi connectivity index (χ1n) is 17.5. The van der Waals surface area contributed by atoms with Crippen molar-refractivity contribution >= 4 is 18.0 Å². The summed E-state index contributed by atoms with van der Waals surface area (Å²) in [5, 5.41) is 19.5. The lowest BCUT2D eigenvalue weighted by Gasteiger charge is -2.30. The summed E-state index contributed by atoms with van der Waals surface area (Å²) in [5.41, 5.74) is 5.71. The Bertz CT molecular complexity index is 1720. The lowest BCUT2D eigenvalue weighted by Crippen LogP contribution is -2.49. The van der Waals surface area contributed by atoms with Crippen molar-refractivity contribution in [2.45, 2.75) is 61.9 Å². The van der Waals surface area contributed by atoms with Crippen LogP contribution in [-0.2, 0) is 38.3 Å². The Balaban J connectivity index is 1.03. The number of aryl methyl sites for hydroxylation is 1. The van der Waals surface area contributed by atoms with Crippen LogP contribution in [0.3, 0.4) is 0 Å². The van der Waals surface area contributed by atoms with Crippen molar-refractivity contribution in [2.24, 2.45) is 0 Å². The maximum Gasteiger partial charge on any atom is 0.407 e. The van der Waals surface area contributed by atoms with Gasteiger partial charge < -0.3 is 35.3 Å².